The first kappa shape index (κ1) is 19.4. The number of benzene rings is 1. The number of aromatic nitrogens is 2. The van der Waals surface area contributed by atoms with Crippen molar-refractivity contribution in [2.45, 2.75) is 51.5 Å². The van der Waals surface area contributed by atoms with Gasteiger partial charge in [0.05, 0.1) is 0 Å². The maximum Gasteiger partial charge on any atom is 0.249 e. The lowest BCUT2D eigenvalue weighted by Crippen LogP contribution is -2.47. The Kier molecular flexibility index (Phi) is 5.74. The van der Waals surface area contributed by atoms with Gasteiger partial charge in [0.15, 0.2) is 5.82 Å². The molecule has 1 aromatic carbocycles. The van der Waals surface area contributed by atoms with Gasteiger partial charge in [-0.15, -0.1) is 0 Å². The Balaban J connectivity index is 1.67. The monoisotopic (exact) mass is 393 g/mol. The molecular formula is C22H27N5O2. The van der Waals surface area contributed by atoms with Crippen molar-refractivity contribution in [2.75, 3.05) is 23.3 Å². The lowest BCUT2D eigenvalue weighted by Gasteiger charge is -2.25. The minimum atomic E-state index is -0.468. The summed E-state index contributed by atoms with van der Waals surface area (Å²) < 4.78 is 0. The zero-order chi connectivity index (χ0) is 20.2. The van der Waals surface area contributed by atoms with Crippen molar-refractivity contribution in [3.8, 4) is 11.4 Å². The molecule has 29 heavy (non-hydrogen) atoms. The van der Waals surface area contributed by atoms with Gasteiger partial charge in [-0.25, -0.2) is 9.97 Å². The zero-order valence-corrected chi connectivity index (χ0v) is 16.8. The molecule has 4 rings (SSSR count). The lowest BCUT2D eigenvalue weighted by atomic mass is 10.1. The molecule has 7 heteroatoms. The van der Waals surface area contributed by atoms with Crippen LogP contribution < -0.4 is 15.5 Å². The molecule has 0 aliphatic carbocycles. The van der Waals surface area contributed by atoms with E-state index in [1.54, 1.807) is 0 Å². The van der Waals surface area contributed by atoms with Crippen molar-refractivity contribution in [1.29, 1.82) is 0 Å². The standard InChI is InChI=1S/C22H27N5O2/c1-15-7-6-8-16(13-15)21-24-18(23-17-9-10-20(28)26-22(17)29)14-19(25-21)27-11-4-2-3-5-12-27/h6-8,13-14,17H,2-5,9-12H2,1H3,(H,23,24,25)(H,26,28,29). The van der Waals surface area contributed by atoms with E-state index in [1.807, 2.05) is 31.2 Å². The first-order chi connectivity index (χ1) is 14.1. The van der Waals surface area contributed by atoms with E-state index >= 15 is 0 Å². The van der Waals surface area contributed by atoms with Crippen LogP contribution in [0.15, 0.2) is 30.3 Å². The number of piperidine rings is 1. The SMILES string of the molecule is Cc1cccc(-c2nc(NC3CCC(=O)NC3=O)cc(N3CCCCCC3)n2)c1. The molecule has 3 heterocycles. The van der Waals surface area contributed by atoms with Crippen LogP contribution in [-0.2, 0) is 9.59 Å². The topological polar surface area (TPSA) is 87.2 Å². The highest BCUT2D eigenvalue weighted by Gasteiger charge is 2.27. The van der Waals surface area contributed by atoms with Gasteiger partial charge in [-0.05, 0) is 32.3 Å². The molecule has 2 fully saturated rings. The summed E-state index contributed by atoms with van der Waals surface area (Å²) in [7, 11) is 0. The molecule has 7 nitrogen and oxygen atoms in total. The highest BCUT2D eigenvalue weighted by atomic mass is 16.2. The third-order valence-corrected chi connectivity index (χ3v) is 5.48. The number of nitrogens with one attached hydrogen (secondary N) is 2. The maximum absolute atomic E-state index is 12.2. The minimum Gasteiger partial charge on any atom is -0.358 e. The number of anilines is 2. The molecule has 2 amide bonds. The van der Waals surface area contributed by atoms with Gasteiger partial charge in [0, 0.05) is 31.1 Å². The summed E-state index contributed by atoms with van der Waals surface area (Å²) in [6.07, 6.45) is 5.59. The molecule has 1 atom stereocenters. The molecule has 2 aromatic rings. The third kappa shape index (κ3) is 4.72. The number of imide groups is 1. The number of amides is 2. The Morgan fingerprint density at radius 3 is 2.59 bits per heavy atom. The number of nitrogens with zero attached hydrogens (tertiary/aromatic N) is 3. The fourth-order valence-electron chi connectivity index (χ4n) is 3.89. The quantitative estimate of drug-likeness (QED) is 0.777. The van der Waals surface area contributed by atoms with Crippen molar-refractivity contribution < 1.29 is 9.59 Å². The predicted octanol–water partition coefficient (Wildman–Crippen LogP) is 3.05. The van der Waals surface area contributed by atoms with Crippen LogP contribution >= 0.6 is 0 Å². The molecule has 0 spiro atoms. The summed E-state index contributed by atoms with van der Waals surface area (Å²) in [5.74, 6) is 1.62. The molecule has 0 radical (unpaired) electrons. The summed E-state index contributed by atoms with van der Waals surface area (Å²) in [4.78, 5) is 35.5. The summed E-state index contributed by atoms with van der Waals surface area (Å²) >= 11 is 0. The molecule has 2 aliphatic heterocycles. The van der Waals surface area contributed by atoms with Crippen molar-refractivity contribution in [2.24, 2.45) is 0 Å². The minimum absolute atomic E-state index is 0.221. The summed E-state index contributed by atoms with van der Waals surface area (Å²) in [6.45, 7) is 3.99. The molecule has 2 aliphatic rings. The van der Waals surface area contributed by atoms with Crippen LogP contribution in [0.3, 0.4) is 0 Å². The normalized spacial score (nSPS) is 20.2. The fourth-order valence-corrected chi connectivity index (χ4v) is 3.89. The summed E-state index contributed by atoms with van der Waals surface area (Å²) in [5.41, 5.74) is 2.10. The molecule has 0 bridgehead atoms. The van der Waals surface area contributed by atoms with E-state index in [2.05, 4.69) is 21.6 Å². The average molecular weight is 393 g/mol. The first-order valence-corrected chi connectivity index (χ1v) is 10.4. The van der Waals surface area contributed by atoms with Gasteiger partial charge >= 0.3 is 0 Å². The molecule has 0 saturated carbocycles. The second-order valence-corrected chi connectivity index (χ2v) is 7.85. The smallest absolute Gasteiger partial charge is 0.249 e. The highest BCUT2D eigenvalue weighted by Crippen LogP contribution is 2.26. The van der Waals surface area contributed by atoms with Crippen molar-refractivity contribution in [3.63, 3.8) is 0 Å². The van der Waals surface area contributed by atoms with Crippen molar-refractivity contribution in [1.82, 2.24) is 15.3 Å². The van der Waals surface area contributed by atoms with Gasteiger partial charge in [0.25, 0.3) is 0 Å². The van der Waals surface area contributed by atoms with E-state index < -0.39 is 6.04 Å². The number of hydrogen-bond donors (Lipinski definition) is 2. The van der Waals surface area contributed by atoms with E-state index in [-0.39, 0.29) is 11.8 Å². The zero-order valence-electron chi connectivity index (χ0n) is 16.8. The fraction of sp³-hybridized carbons (Fsp3) is 0.455. The van der Waals surface area contributed by atoms with E-state index in [4.69, 9.17) is 9.97 Å². The molecule has 2 saturated heterocycles. The van der Waals surface area contributed by atoms with Crippen LogP contribution in [0.25, 0.3) is 11.4 Å². The van der Waals surface area contributed by atoms with E-state index in [0.717, 1.165) is 42.9 Å². The maximum atomic E-state index is 12.2. The van der Waals surface area contributed by atoms with Crippen LogP contribution in [0.5, 0.6) is 0 Å². The molecule has 2 N–H and O–H groups in total. The second-order valence-electron chi connectivity index (χ2n) is 7.85. The Labute approximate surface area is 170 Å². The Morgan fingerprint density at radius 1 is 1.07 bits per heavy atom. The largest absolute Gasteiger partial charge is 0.358 e. The van der Waals surface area contributed by atoms with Gasteiger partial charge in [0.1, 0.15) is 17.7 Å². The van der Waals surface area contributed by atoms with Crippen LogP contribution in [0.4, 0.5) is 11.6 Å². The number of carbonyl (C=O) groups excluding carboxylic acids is 2. The first-order valence-electron chi connectivity index (χ1n) is 10.4. The molecule has 152 valence electrons. The highest BCUT2D eigenvalue weighted by molar-refractivity contribution is 6.01. The predicted molar refractivity (Wildman–Crippen MR) is 113 cm³/mol. The van der Waals surface area contributed by atoms with Gasteiger partial charge in [0.2, 0.25) is 11.8 Å². The van der Waals surface area contributed by atoms with Crippen molar-refractivity contribution >= 4 is 23.5 Å². The number of hydrogen-bond acceptors (Lipinski definition) is 6. The van der Waals surface area contributed by atoms with Crippen LogP contribution in [0, 0.1) is 6.92 Å². The number of rotatable bonds is 4. The molecule has 1 unspecified atom stereocenters. The van der Waals surface area contributed by atoms with E-state index in [9.17, 15) is 9.59 Å². The van der Waals surface area contributed by atoms with Crippen LogP contribution in [-0.4, -0.2) is 40.9 Å². The van der Waals surface area contributed by atoms with Gasteiger partial charge in [-0.2, -0.15) is 0 Å². The second kappa shape index (κ2) is 8.59. The molecule has 1 aromatic heterocycles. The number of carbonyl (C=O) groups is 2. The average Bonchev–Trinajstić information content (AvgIpc) is 3.00. The number of aryl methyl sites for hydroxylation is 1. The third-order valence-electron chi connectivity index (χ3n) is 5.48. The van der Waals surface area contributed by atoms with Crippen molar-refractivity contribution in [3.05, 3.63) is 35.9 Å². The van der Waals surface area contributed by atoms with E-state index in [0.29, 0.717) is 24.5 Å². The summed E-state index contributed by atoms with van der Waals surface area (Å²) in [6, 6.07) is 9.57. The van der Waals surface area contributed by atoms with Gasteiger partial charge < -0.3 is 10.2 Å². The van der Waals surface area contributed by atoms with Gasteiger partial charge in [-0.3, -0.25) is 14.9 Å². The summed E-state index contributed by atoms with van der Waals surface area (Å²) in [5, 5.41) is 5.62. The van der Waals surface area contributed by atoms with Crippen LogP contribution in [0.2, 0.25) is 0 Å². The van der Waals surface area contributed by atoms with E-state index in [1.165, 1.54) is 12.8 Å². The lowest BCUT2D eigenvalue weighted by molar-refractivity contribution is -0.133. The Bertz CT molecular complexity index is 906. The van der Waals surface area contributed by atoms with Gasteiger partial charge in [-0.1, -0.05) is 36.6 Å². The van der Waals surface area contributed by atoms with Crippen LogP contribution in [0.1, 0.15) is 44.1 Å². The Hall–Kier alpha value is -2.96. The Morgan fingerprint density at radius 2 is 1.86 bits per heavy atom. The molecular weight excluding hydrogens is 366 g/mol.